The number of nitrogens with zero attached hydrogens (tertiary/aromatic N) is 1. The minimum Gasteiger partial charge on any atom is -0.293 e. The van der Waals surface area contributed by atoms with Crippen molar-refractivity contribution >= 4 is 15.8 Å². The molecule has 1 aliphatic rings. The molecule has 0 aliphatic carbocycles. The smallest absolute Gasteiger partial charge is 0.243 e. The van der Waals surface area contributed by atoms with Crippen LogP contribution in [0.1, 0.15) is 21.5 Å². The summed E-state index contributed by atoms with van der Waals surface area (Å²) in [5.41, 5.74) is 2.16. The first kappa shape index (κ1) is 19.4. The number of benzene rings is 3. The van der Waals surface area contributed by atoms with Crippen LogP contribution in [0.25, 0.3) is 11.1 Å². The number of sulfonamides is 1. The van der Waals surface area contributed by atoms with Crippen LogP contribution in [0.5, 0.6) is 0 Å². The third-order valence-corrected chi connectivity index (χ3v) is 6.82. The van der Waals surface area contributed by atoms with E-state index in [1.54, 1.807) is 30.3 Å². The zero-order valence-electron chi connectivity index (χ0n) is 15.5. The molecule has 1 aliphatic heterocycles. The van der Waals surface area contributed by atoms with Crippen LogP contribution in [0, 0.1) is 18.6 Å². The second-order valence-corrected chi connectivity index (χ2v) is 8.90. The van der Waals surface area contributed by atoms with E-state index in [9.17, 15) is 22.0 Å². The van der Waals surface area contributed by atoms with Gasteiger partial charge in [0, 0.05) is 23.7 Å². The van der Waals surface area contributed by atoms with Crippen LogP contribution in [-0.4, -0.2) is 25.1 Å². The van der Waals surface area contributed by atoms with Crippen molar-refractivity contribution in [2.24, 2.45) is 0 Å². The van der Waals surface area contributed by atoms with Gasteiger partial charge in [-0.15, -0.1) is 0 Å². The molecule has 3 aromatic rings. The van der Waals surface area contributed by atoms with Gasteiger partial charge in [-0.25, -0.2) is 17.2 Å². The minimum absolute atomic E-state index is 0.0791. The molecule has 3 aromatic carbocycles. The molecular formula is C22H17F2NO3S. The van der Waals surface area contributed by atoms with Gasteiger partial charge in [0.2, 0.25) is 10.0 Å². The van der Waals surface area contributed by atoms with Gasteiger partial charge in [0.05, 0.1) is 11.4 Å². The summed E-state index contributed by atoms with van der Waals surface area (Å²) in [5, 5.41) is 0. The molecule has 0 aromatic heterocycles. The highest BCUT2D eigenvalue weighted by molar-refractivity contribution is 7.89. The van der Waals surface area contributed by atoms with Crippen LogP contribution in [-0.2, 0) is 16.6 Å². The van der Waals surface area contributed by atoms with Gasteiger partial charge in [0.1, 0.15) is 11.6 Å². The van der Waals surface area contributed by atoms with Crippen LogP contribution >= 0.6 is 0 Å². The van der Waals surface area contributed by atoms with Gasteiger partial charge < -0.3 is 0 Å². The number of aryl methyl sites for hydroxylation is 1. The van der Waals surface area contributed by atoms with Crippen molar-refractivity contribution in [3.05, 3.63) is 89.0 Å². The molecule has 0 radical (unpaired) electrons. The standard InChI is InChI=1S/C22H17F2NO3S/c1-14-5-8-16(9-6-14)29(27,28)25-12-20-17(3-2-4-19(20)22(26)13-25)18-10-7-15(23)11-21(18)24/h2-11H,12-13H2,1H3. The molecule has 0 fully saturated rings. The monoisotopic (exact) mass is 413 g/mol. The van der Waals surface area contributed by atoms with E-state index in [1.807, 2.05) is 6.92 Å². The number of rotatable bonds is 3. The maximum atomic E-state index is 14.4. The molecule has 7 heteroatoms. The van der Waals surface area contributed by atoms with Crippen molar-refractivity contribution in [3.63, 3.8) is 0 Å². The fourth-order valence-corrected chi connectivity index (χ4v) is 4.85. The Morgan fingerprint density at radius 3 is 2.24 bits per heavy atom. The van der Waals surface area contributed by atoms with Crippen molar-refractivity contribution < 1.29 is 22.0 Å². The molecule has 1 heterocycles. The van der Waals surface area contributed by atoms with E-state index in [0.717, 1.165) is 22.0 Å². The zero-order chi connectivity index (χ0) is 20.8. The molecule has 0 bridgehead atoms. The molecule has 0 atom stereocenters. The Bertz CT molecular complexity index is 1220. The molecule has 0 N–H and O–H groups in total. The molecule has 0 saturated heterocycles. The summed E-state index contributed by atoms with van der Waals surface area (Å²) in [6, 6.07) is 14.4. The Morgan fingerprint density at radius 1 is 0.862 bits per heavy atom. The second-order valence-electron chi connectivity index (χ2n) is 6.97. The molecule has 4 nitrogen and oxygen atoms in total. The average Bonchev–Trinajstić information content (AvgIpc) is 2.68. The van der Waals surface area contributed by atoms with Gasteiger partial charge in [0.25, 0.3) is 0 Å². The molecule has 0 saturated carbocycles. The molecule has 0 spiro atoms. The Hall–Kier alpha value is -2.90. The number of halogens is 2. The Labute approximate surface area is 167 Å². The Kier molecular flexibility index (Phi) is 4.80. The van der Waals surface area contributed by atoms with E-state index in [-0.39, 0.29) is 29.3 Å². The number of hydrogen-bond donors (Lipinski definition) is 0. The molecule has 148 valence electrons. The quantitative estimate of drug-likeness (QED) is 0.642. The summed E-state index contributed by atoms with van der Waals surface area (Å²) in [7, 11) is -3.91. The van der Waals surface area contributed by atoms with Gasteiger partial charge in [-0.2, -0.15) is 4.31 Å². The number of carbonyl (C=O) groups excluding carboxylic acids is 1. The average molecular weight is 413 g/mol. The zero-order valence-corrected chi connectivity index (χ0v) is 16.3. The van der Waals surface area contributed by atoms with Gasteiger partial charge in [-0.3, -0.25) is 4.79 Å². The van der Waals surface area contributed by atoms with E-state index in [1.165, 1.54) is 18.2 Å². The van der Waals surface area contributed by atoms with Crippen molar-refractivity contribution in [1.29, 1.82) is 0 Å². The van der Waals surface area contributed by atoms with Crippen molar-refractivity contribution in [3.8, 4) is 11.1 Å². The molecular weight excluding hydrogens is 396 g/mol. The third kappa shape index (κ3) is 3.47. The molecule has 0 unspecified atom stereocenters. The van der Waals surface area contributed by atoms with E-state index >= 15 is 0 Å². The normalized spacial score (nSPS) is 14.7. The fraction of sp³-hybridized carbons (Fsp3) is 0.136. The lowest BCUT2D eigenvalue weighted by Crippen LogP contribution is -2.39. The van der Waals surface area contributed by atoms with Crippen LogP contribution in [0.3, 0.4) is 0 Å². The van der Waals surface area contributed by atoms with Crippen LogP contribution in [0.4, 0.5) is 8.78 Å². The molecule has 29 heavy (non-hydrogen) atoms. The van der Waals surface area contributed by atoms with Crippen molar-refractivity contribution in [1.82, 2.24) is 4.31 Å². The maximum Gasteiger partial charge on any atom is 0.243 e. The van der Waals surface area contributed by atoms with Gasteiger partial charge >= 0.3 is 0 Å². The predicted molar refractivity (Wildman–Crippen MR) is 105 cm³/mol. The van der Waals surface area contributed by atoms with E-state index in [0.29, 0.717) is 16.7 Å². The predicted octanol–water partition coefficient (Wildman–Crippen LogP) is 4.33. The summed E-state index contributed by atoms with van der Waals surface area (Å²) in [6.45, 7) is 1.48. The first-order chi connectivity index (χ1) is 13.8. The number of hydrogen-bond acceptors (Lipinski definition) is 3. The summed E-state index contributed by atoms with van der Waals surface area (Å²) in [6.07, 6.45) is 0. The summed E-state index contributed by atoms with van der Waals surface area (Å²) in [4.78, 5) is 12.8. The van der Waals surface area contributed by atoms with Crippen molar-refractivity contribution in [2.75, 3.05) is 6.54 Å². The lowest BCUT2D eigenvalue weighted by atomic mass is 9.91. The van der Waals surface area contributed by atoms with E-state index < -0.39 is 21.7 Å². The van der Waals surface area contributed by atoms with Crippen molar-refractivity contribution in [2.45, 2.75) is 18.4 Å². The Balaban J connectivity index is 1.81. The summed E-state index contributed by atoms with van der Waals surface area (Å²) >= 11 is 0. The van der Waals surface area contributed by atoms with Crippen LogP contribution < -0.4 is 0 Å². The number of fused-ring (bicyclic) bond motifs is 1. The molecule has 4 rings (SSSR count). The molecule has 0 amide bonds. The van der Waals surface area contributed by atoms with Crippen LogP contribution in [0.2, 0.25) is 0 Å². The highest BCUT2D eigenvalue weighted by atomic mass is 32.2. The maximum absolute atomic E-state index is 14.4. The first-order valence-corrected chi connectivity index (χ1v) is 10.4. The van der Waals surface area contributed by atoms with Gasteiger partial charge in [-0.05, 0) is 42.3 Å². The Morgan fingerprint density at radius 2 is 1.55 bits per heavy atom. The van der Waals surface area contributed by atoms with Gasteiger partial charge in [-0.1, -0.05) is 35.9 Å². The third-order valence-electron chi connectivity index (χ3n) is 5.01. The van der Waals surface area contributed by atoms with E-state index in [2.05, 4.69) is 0 Å². The summed E-state index contributed by atoms with van der Waals surface area (Å²) < 4.78 is 54.9. The topological polar surface area (TPSA) is 54.5 Å². The minimum atomic E-state index is -3.91. The number of carbonyl (C=O) groups is 1. The number of ketones is 1. The van der Waals surface area contributed by atoms with E-state index in [4.69, 9.17) is 0 Å². The highest BCUT2D eigenvalue weighted by Gasteiger charge is 2.34. The lowest BCUT2D eigenvalue weighted by Gasteiger charge is -2.29. The SMILES string of the molecule is Cc1ccc(S(=O)(=O)N2CC(=O)c3cccc(-c4ccc(F)cc4F)c3C2)cc1. The summed E-state index contributed by atoms with van der Waals surface area (Å²) in [5.74, 6) is -1.86. The highest BCUT2D eigenvalue weighted by Crippen LogP contribution is 2.34. The van der Waals surface area contributed by atoms with Crippen LogP contribution in [0.15, 0.2) is 65.6 Å². The second kappa shape index (κ2) is 7.17. The first-order valence-electron chi connectivity index (χ1n) is 8.95. The number of Topliss-reactive ketones (excluding diaryl/α,β-unsaturated/α-hetero) is 1. The largest absolute Gasteiger partial charge is 0.293 e. The van der Waals surface area contributed by atoms with Gasteiger partial charge in [0.15, 0.2) is 5.78 Å². The lowest BCUT2D eigenvalue weighted by molar-refractivity contribution is 0.0950. The fourth-order valence-electron chi connectivity index (χ4n) is 3.49.